The van der Waals surface area contributed by atoms with Crippen LogP contribution in [0, 0.1) is 0 Å². The molecule has 0 aliphatic carbocycles. The number of fused-ring (bicyclic) bond motifs is 6. The molecular formula is C63H76N14O6. The van der Waals surface area contributed by atoms with Gasteiger partial charge in [0.05, 0.1) is 64.8 Å². The van der Waals surface area contributed by atoms with Crippen LogP contribution in [-0.2, 0) is 14.4 Å². The quantitative estimate of drug-likeness (QED) is 0.0321. The Morgan fingerprint density at radius 1 is 0.410 bits per heavy atom. The summed E-state index contributed by atoms with van der Waals surface area (Å²) < 4.78 is 0. The first kappa shape index (κ1) is 59.3. The minimum Gasteiger partial charge on any atom is -0.319 e. The second-order valence-electron chi connectivity index (χ2n) is 21.5. The Balaban J connectivity index is 0.651. The average Bonchev–Trinajstić information content (AvgIpc) is 2.84. The van der Waals surface area contributed by atoms with Crippen LogP contribution in [0.4, 0.5) is 51.7 Å². The third kappa shape index (κ3) is 15.4. The highest BCUT2D eigenvalue weighted by atomic mass is 16.2. The van der Waals surface area contributed by atoms with Crippen molar-refractivity contribution in [3.8, 4) is 0 Å². The molecule has 3 aliphatic rings. The molecule has 0 spiro atoms. The van der Waals surface area contributed by atoms with Crippen LogP contribution in [0.3, 0.4) is 0 Å². The highest BCUT2D eigenvalue weighted by Crippen LogP contribution is 2.39. The standard InChI is InChI=1S/C63H76N14O6/c1-72(40-18-8-5-15-33-64-43-54(78)77-57-48(27-21-34-65-57)63(83)71-51-30-24-37-68-60(51)77)38-16-6-3-4-7-17-39-73(2)41-19-9-10-20-42-74(44-55(79)75-52-31-13-11-25-46(52)61(81)69-49-28-22-35-66-58(49)75)45-56(80)76-53-32-14-12-26-47(53)62(82)70-50-29-23-36-67-59(50)76/h11-14,21-32,34-37,64H,3-10,15-20,33,38-45H2,1-2H3,(H,69,81)(H,70,82)(H,71,83). The van der Waals surface area contributed by atoms with E-state index in [0.29, 0.717) is 69.1 Å². The summed E-state index contributed by atoms with van der Waals surface area (Å²) >= 11 is 0. The van der Waals surface area contributed by atoms with Crippen molar-refractivity contribution < 1.29 is 28.8 Å². The van der Waals surface area contributed by atoms with Crippen LogP contribution in [0.5, 0.6) is 0 Å². The molecule has 0 bridgehead atoms. The Morgan fingerprint density at radius 2 is 0.771 bits per heavy atom. The predicted molar refractivity (Wildman–Crippen MR) is 324 cm³/mol. The Hall–Kier alpha value is -8.30. The number of para-hydroxylation sites is 2. The lowest BCUT2D eigenvalue weighted by atomic mass is 10.1. The van der Waals surface area contributed by atoms with Crippen LogP contribution < -0.4 is 36.0 Å². The minimum absolute atomic E-state index is 0.111. The largest absolute Gasteiger partial charge is 0.319 e. The summed E-state index contributed by atoms with van der Waals surface area (Å²) in [5, 5.41) is 11.9. The van der Waals surface area contributed by atoms with E-state index in [-0.39, 0.29) is 60.9 Å². The first-order valence-electron chi connectivity index (χ1n) is 29.3. The molecule has 83 heavy (non-hydrogen) atoms. The number of pyridine rings is 4. The number of unbranched alkanes of at least 4 members (excludes halogenated alkanes) is 11. The van der Waals surface area contributed by atoms with Gasteiger partial charge < -0.3 is 31.1 Å². The Labute approximate surface area is 486 Å². The molecule has 6 aromatic rings. The minimum atomic E-state index is -0.350. The highest BCUT2D eigenvalue weighted by molar-refractivity contribution is 6.19. The van der Waals surface area contributed by atoms with Gasteiger partial charge in [-0.3, -0.25) is 43.5 Å². The lowest BCUT2D eigenvalue weighted by Gasteiger charge is -2.29. The normalized spacial score (nSPS) is 13.4. The smallest absolute Gasteiger partial charge is 0.259 e. The van der Waals surface area contributed by atoms with Gasteiger partial charge in [-0.15, -0.1) is 0 Å². The maximum absolute atomic E-state index is 14.7. The third-order valence-corrected chi connectivity index (χ3v) is 15.2. The van der Waals surface area contributed by atoms with Gasteiger partial charge in [-0.05, 0) is 165 Å². The number of hydrogen-bond donors (Lipinski definition) is 4. The topological polar surface area (TPSA) is 222 Å². The highest BCUT2D eigenvalue weighted by Gasteiger charge is 2.35. The van der Waals surface area contributed by atoms with Crippen molar-refractivity contribution in [1.29, 1.82) is 0 Å². The Morgan fingerprint density at radius 3 is 1.24 bits per heavy atom. The molecule has 7 heterocycles. The van der Waals surface area contributed by atoms with E-state index in [0.717, 1.165) is 84.1 Å². The van der Waals surface area contributed by atoms with Crippen LogP contribution in [-0.4, -0.2) is 143 Å². The summed E-state index contributed by atoms with van der Waals surface area (Å²) in [4.78, 5) is 111. The molecule has 0 saturated heterocycles. The van der Waals surface area contributed by atoms with Crippen LogP contribution in [0.2, 0.25) is 0 Å². The summed E-state index contributed by atoms with van der Waals surface area (Å²) in [5.41, 5.74) is 3.08. The molecule has 2 aromatic carbocycles. The van der Waals surface area contributed by atoms with Crippen molar-refractivity contribution in [2.75, 3.05) is 104 Å². The van der Waals surface area contributed by atoms with Gasteiger partial charge >= 0.3 is 0 Å². The van der Waals surface area contributed by atoms with Gasteiger partial charge in [0.1, 0.15) is 0 Å². The molecule has 4 aromatic heterocycles. The van der Waals surface area contributed by atoms with E-state index < -0.39 is 0 Å². The van der Waals surface area contributed by atoms with E-state index in [1.807, 2.05) is 4.90 Å². The van der Waals surface area contributed by atoms with Crippen LogP contribution >= 0.6 is 0 Å². The summed E-state index contributed by atoms with van der Waals surface area (Å²) in [7, 11) is 4.41. The van der Waals surface area contributed by atoms with Crippen molar-refractivity contribution in [1.82, 2.24) is 40.0 Å². The number of hydrogen-bond acceptors (Lipinski definition) is 14. The van der Waals surface area contributed by atoms with Crippen molar-refractivity contribution in [2.45, 2.75) is 89.9 Å². The van der Waals surface area contributed by atoms with Crippen LogP contribution in [0.25, 0.3) is 0 Å². The van der Waals surface area contributed by atoms with E-state index in [1.54, 1.807) is 122 Å². The molecule has 0 fully saturated rings. The zero-order valence-electron chi connectivity index (χ0n) is 47.7. The van der Waals surface area contributed by atoms with Gasteiger partial charge in [-0.25, -0.2) is 24.8 Å². The Bertz CT molecular complexity index is 3110. The third-order valence-electron chi connectivity index (χ3n) is 15.2. The van der Waals surface area contributed by atoms with Crippen molar-refractivity contribution in [3.63, 3.8) is 0 Å². The molecule has 0 unspecified atom stereocenters. The number of benzene rings is 2. The first-order valence-corrected chi connectivity index (χ1v) is 29.3. The number of amides is 6. The van der Waals surface area contributed by atoms with Gasteiger partial charge in [0.2, 0.25) is 17.7 Å². The molecule has 20 heteroatoms. The molecule has 0 radical (unpaired) electrons. The van der Waals surface area contributed by atoms with Gasteiger partial charge in [0, 0.05) is 24.8 Å². The fourth-order valence-corrected chi connectivity index (χ4v) is 10.9. The summed E-state index contributed by atoms with van der Waals surface area (Å²) in [6, 6.07) is 27.5. The number of nitrogens with one attached hydrogen (secondary N) is 4. The monoisotopic (exact) mass is 1120 g/mol. The molecule has 20 nitrogen and oxygen atoms in total. The van der Waals surface area contributed by atoms with E-state index in [2.05, 4.69) is 65.1 Å². The maximum Gasteiger partial charge on any atom is 0.259 e. The van der Waals surface area contributed by atoms with Gasteiger partial charge in [0.25, 0.3) is 17.7 Å². The van der Waals surface area contributed by atoms with Crippen molar-refractivity contribution in [2.24, 2.45) is 0 Å². The van der Waals surface area contributed by atoms with Crippen molar-refractivity contribution >= 4 is 87.2 Å². The van der Waals surface area contributed by atoms with E-state index in [1.165, 1.54) is 53.2 Å². The van der Waals surface area contributed by atoms with E-state index in [9.17, 15) is 28.8 Å². The van der Waals surface area contributed by atoms with Gasteiger partial charge in [0.15, 0.2) is 23.3 Å². The van der Waals surface area contributed by atoms with Crippen LogP contribution in [0.1, 0.15) is 121 Å². The first-order chi connectivity index (χ1) is 40.5. The summed E-state index contributed by atoms with van der Waals surface area (Å²) in [6.07, 6.45) is 21.7. The Kier molecular flexibility index (Phi) is 21.2. The number of anilines is 9. The number of nitrogens with zero attached hydrogens (tertiary/aromatic N) is 10. The summed E-state index contributed by atoms with van der Waals surface area (Å²) in [5.74, 6) is -0.700. The molecule has 6 amide bonds. The number of rotatable bonds is 29. The van der Waals surface area contributed by atoms with Gasteiger partial charge in [-0.1, -0.05) is 75.6 Å². The lowest BCUT2D eigenvalue weighted by molar-refractivity contribution is -0.122. The van der Waals surface area contributed by atoms with Gasteiger partial charge in [-0.2, -0.15) is 0 Å². The predicted octanol–water partition coefficient (Wildman–Crippen LogP) is 9.57. The molecular weight excluding hydrogens is 1050 g/mol. The average molecular weight is 1130 g/mol. The number of carbonyl (C=O) groups is 6. The molecule has 0 saturated carbocycles. The summed E-state index contributed by atoms with van der Waals surface area (Å²) in [6.45, 7) is 5.25. The zero-order chi connectivity index (χ0) is 57.9. The molecule has 9 rings (SSSR count). The fraction of sp³-hybridized carbons (Fsp3) is 0.397. The SMILES string of the molecule is CN(CCCCCCCCN(C)CCCCCCN(CC(=O)N1c2ccccc2C(=O)Nc2cccnc21)CC(=O)N1c2ccccc2C(=O)Nc2cccnc21)CCCCCCNCC(=O)N1c2ncccc2NC(=O)c2cccnc21. The molecule has 0 atom stereocenters. The molecule has 434 valence electrons. The maximum atomic E-state index is 14.7. The zero-order valence-corrected chi connectivity index (χ0v) is 47.7. The number of carbonyl (C=O) groups excluding carboxylic acids is 6. The van der Waals surface area contributed by atoms with Crippen LogP contribution in [0.15, 0.2) is 122 Å². The van der Waals surface area contributed by atoms with E-state index >= 15 is 0 Å². The molecule has 4 N–H and O–H groups in total. The molecule has 3 aliphatic heterocycles. The second-order valence-corrected chi connectivity index (χ2v) is 21.5. The number of aromatic nitrogens is 4. The fourth-order valence-electron chi connectivity index (χ4n) is 10.9. The second kappa shape index (κ2) is 29.6. The van der Waals surface area contributed by atoms with E-state index in [4.69, 9.17) is 0 Å². The van der Waals surface area contributed by atoms with Crippen molar-refractivity contribution in [3.05, 3.63) is 139 Å². The lowest BCUT2D eigenvalue weighted by Crippen LogP contribution is -2.44.